The van der Waals surface area contributed by atoms with Gasteiger partial charge in [-0.05, 0) is 38.0 Å². The smallest absolute Gasteiger partial charge is 0.349 e. The van der Waals surface area contributed by atoms with Crippen LogP contribution in [-0.4, -0.2) is 52.3 Å². The molecule has 3 aromatic rings. The van der Waals surface area contributed by atoms with E-state index in [4.69, 9.17) is 16.3 Å². The van der Waals surface area contributed by atoms with Gasteiger partial charge in [-0.3, -0.25) is 9.13 Å². The van der Waals surface area contributed by atoms with Gasteiger partial charge in [-0.1, -0.05) is 31.5 Å². The van der Waals surface area contributed by atoms with Crippen LogP contribution in [0.5, 0.6) is 0 Å². The molecule has 3 rings (SSSR count). The number of rotatable bonds is 11. The van der Waals surface area contributed by atoms with Gasteiger partial charge in [0.2, 0.25) is 14.4 Å². The average Bonchev–Trinajstić information content (AvgIpc) is 3.20. The van der Waals surface area contributed by atoms with Gasteiger partial charge < -0.3 is 34.8 Å². The minimum Gasteiger partial charge on any atom is -0.349 e. The summed E-state index contributed by atoms with van der Waals surface area (Å²) in [5, 5.41) is 13.7. The molecule has 0 spiro atoms. The van der Waals surface area contributed by atoms with Crippen LogP contribution in [0.4, 0.5) is 17.5 Å². The van der Waals surface area contributed by atoms with Crippen molar-refractivity contribution in [1.29, 1.82) is 0 Å². The highest BCUT2D eigenvalue weighted by Gasteiger charge is 2.49. The molecule has 2 aromatic heterocycles. The van der Waals surface area contributed by atoms with E-state index in [1.165, 1.54) is 0 Å². The lowest BCUT2D eigenvalue weighted by Crippen LogP contribution is -2.36. The van der Waals surface area contributed by atoms with Crippen molar-refractivity contribution in [3.8, 4) is 0 Å². The summed E-state index contributed by atoms with van der Waals surface area (Å²) in [6.45, 7) is 7.23. The molecule has 0 aliphatic rings. The first-order valence-corrected chi connectivity index (χ1v) is 13.4. The normalized spacial score (nSPS) is 15.0. The predicted molar refractivity (Wildman–Crippen MR) is 133 cm³/mol. The Labute approximate surface area is 208 Å². The first-order chi connectivity index (χ1) is 16.3. The maximum Gasteiger partial charge on any atom is 0.397 e. The Bertz CT molecular complexity index is 1250. The molecular weight excluding hydrogens is 518 g/mol. The lowest BCUT2D eigenvalue weighted by Gasteiger charge is -2.27. The number of anilines is 3. The minimum atomic E-state index is -5.23. The molecule has 0 saturated carbocycles. The van der Waals surface area contributed by atoms with Crippen LogP contribution in [0, 0.1) is 5.92 Å². The maximum absolute atomic E-state index is 11.5. The summed E-state index contributed by atoms with van der Waals surface area (Å²) in [6, 6.07) is 6.54. The standard InChI is InChI=1S/C20H27ClN6O6P2/c1-11(2)15(9-33-20(28,34-29)35(30,31)32)24-19-25-17(23-14-7-5-6-13(21)8-14)16-18(26-19)27(10-22-16)12(3)4/h5-8,10-12,15,28H,9H2,1-4H3,(H2,30,31,32)(H2,23,24,25,26). The van der Waals surface area contributed by atoms with Gasteiger partial charge in [0.1, 0.15) is 0 Å². The highest BCUT2D eigenvalue weighted by molar-refractivity contribution is 7.62. The summed E-state index contributed by atoms with van der Waals surface area (Å²) < 4.78 is 29.6. The molecule has 12 nitrogen and oxygen atoms in total. The van der Waals surface area contributed by atoms with Crippen molar-refractivity contribution in [3.63, 3.8) is 0 Å². The van der Waals surface area contributed by atoms with Gasteiger partial charge in [0.25, 0.3) is 0 Å². The van der Waals surface area contributed by atoms with Crippen LogP contribution in [0.25, 0.3) is 11.2 Å². The van der Waals surface area contributed by atoms with E-state index in [1.54, 1.807) is 24.5 Å². The Morgan fingerprint density at radius 3 is 2.54 bits per heavy atom. The fraction of sp³-hybridized carbons (Fsp3) is 0.450. The van der Waals surface area contributed by atoms with Crippen LogP contribution < -0.4 is 10.6 Å². The third-order valence-corrected chi connectivity index (χ3v) is 7.66. The third kappa shape index (κ3) is 6.34. The molecule has 0 amide bonds. The van der Waals surface area contributed by atoms with E-state index in [2.05, 4.69) is 25.6 Å². The summed E-state index contributed by atoms with van der Waals surface area (Å²) in [5.74, 6) is 0.441. The van der Waals surface area contributed by atoms with Crippen molar-refractivity contribution in [2.24, 2.45) is 5.92 Å². The Hall–Kier alpha value is -2.17. The van der Waals surface area contributed by atoms with Crippen molar-refractivity contribution in [2.75, 3.05) is 17.2 Å². The first-order valence-electron chi connectivity index (χ1n) is 10.6. The Balaban J connectivity index is 1.97. The zero-order valence-corrected chi connectivity index (χ0v) is 22.0. The van der Waals surface area contributed by atoms with Gasteiger partial charge >= 0.3 is 12.9 Å². The fourth-order valence-corrected chi connectivity index (χ4v) is 4.07. The predicted octanol–water partition coefficient (Wildman–Crippen LogP) is 4.33. The molecule has 2 heterocycles. The third-order valence-electron chi connectivity index (χ3n) is 5.14. The van der Waals surface area contributed by atoms with Crippen LogP contribution in [0.15, 0.2) is 30.6 Å². The van der Waals surface area contributed by atoms with Crippen LogP contribution in [0.1, 0.15) is 33.7 Å². The number of imidazole rings is 1. The number of nitrogens with one attached hydrogen (secondary N) is 2. The summed E-state index contributed by atoms with van der Waals surface area (Å²) in [4.78, 5) is 32.2. The van der Waals surface area contributed by atoms with Crippen LogP contribution >= 0.6 is 27.7 Å². The molecule has 0 saturated heterocycles. The number of hydrogen-bond donors (Lipinski definition) is 5. The van der Waals surface area contributed by atoms with Crippen molar-refractivity contribution in [1.82, 2.24) is 19.5 Å². The van der Waals surface area contributed by atoms with Gasteiger partial charge in [0, 0.05) is 16.8 Å². The number of halogens is 1. The molecule has 35 heavy (non-hydrogen) atoms. The van der Waals surface area contributed by atoms with E-state index >= 15 is 0 Å². The zero-order chi connectivity index (χ0) is 26.0. The van der Waals surface area contributed by atoms with E-state index < -0.39 is 34.0 Å². The number of aliphatic hydroxyl groups is 1. The highest BCUT2D eigenvalue weighted by atomic mass is 35.5. The highest BCUT2D eigenvalue weighted by Crippen LogP contribution is 2.55. The van der Waals surface area contributed by atoms with Gasteiger partial charge in [-0.15, -0.1) is 0 Å². The molecule has 190 valence electrons. The van der Waals surface area contributed by atoms with Crippen LogP contribution in [-0.2, 0) is 13.9 Å². The molecular formula is C20H27ClN6O6P2. The second kappa shape index (κ2) is 10.8. The Morgan fingerprint density at radius 1 is 1.26 bits per heavy atom. The molecule has 0 aliphatic heterocycles. The average molecular weight is 545 g/mol. The molecule has 2 unspecified atom stereocenters. The van der Waals surface area contributed by atoms with Gasteiger partial charge in [0.15, 0.2) is 17.0 Å². The van der Waals surface area contributed by atoms with E-state index in [9.17, 15) is 24.0 Å². The summed E-state index contributed by atoms with van der Waals surface area (Å²) in [7, 11) is -6.49. The zero-order valence-electron chi connectivity index (χ0n) is 19.5. The van der Waals surface area contributed by atoms with E-state index in [1.807, 2.05) is 38.3 Å². The molecule has 1 aromatic carbocycles. The lowest BCUT2D eigenvalue weighted by molar-refractivity contribution is -0.0925. The molecule has 0 bridgehead atoms. The number of benzene rings is 1. The monoisotopic (exact) mass is 544 g/mol. The first kappa shape index (κ1) is 27.4. The summed E-state index contributed by atoms with van der Waals surface area (Å²) in [5.41, 5.74) is 1.77. The molecule has 0 fully saturated rings. The second-order valence-corrected chi connectivity index (χ2v) is 11.7. The van der Waals surface area contributed by atoms with Crippen LogP contribution in [0.3, 0.4) is 0 Å². The van der Waals surface area contributed by atoms with Gasteiger partial charge in [-0.25, -0.2) is 4.98 Å². The van der Waals surface area contributed by atoms with Crippen molar-refractivity contribution < 1.29 is 28.8 Å². The Kier molecular flexibility index (Phi) is 8.49. The number of ether oxygens (including phenoxy) is 1. The van der Waals surface area contributed by atoms with E-state index in [0.717, 1.165) is 0 Å². The van der Waals surface area contributed by atoms with Crippen molar-refractivity contribution in [3.05, 3.63) is 35.6 Å². The summed E-state index contributed by atoms with van der Waals surface area (Å²) in [6.07, 6.45) is 1.66. The maximum atomic E-state index is 11.5. The van der Waals surface area contributed by atoms with Crippen molar-refractivity contribution >= 4 is 56.3 Å². The minimum absolute atomic E-state index is 0.0559. The van der Waals surface area contributed by atoms with Gasteiger partial charge in [0.05, 0.1) is 19.0 Å². The Morgan fingerprint density at radius 2 is 1.97 bits per heavy atom. The fourth-order valence-electron chi connectivity index (χ4n) is 3.08. The SMILES string of the molecule is CC(C)C(COC(O)(P=O)P(=O)(O)O)Nc1nc(Nc2cccc(Cl)c2)c2ncn(C(C)C)c2n1. The molecule has 2 atom stereocenters. The van der Waals surface area contributed by atoms with Crippen LogP contribution in [0.2, 0.25) is 5.02 Å². The molecule has 15 heteroatoms. The quantitative estimate of drug-likeness (QED) is 0.172. The topological polar surface area (TPSA) is 172 Å². The lowest BCUT2D eigenvalue weighted by atomic mass is 10.1. The van der Waals surface area contributed by atoms with E-state index in [0.29, 0.717) is 27.7 Å². The number of fused-ring (bicyclic) bond motifs is 1. The molecule has 0 radical (unpaired) electrons. The number of hydrogen-bond acceptors (Lipinski definition) is 9. The van der Waals surface area contributed by atoms with Gasteiger partial charge in [-0.2, -0.15) is 9.97 Å². The van der Waals surface area contributed by atoms with Crippen molar-refractivity contribution in [2.45, 2.75) is 45.0 Å². The summed E-state index contributed by atoms with van der Waals surface area (Å²) >= 11 is 6.11. The largest absolute Gasteiger partial charge is 0.397 e. The number of aromatic nitrogens is 4. The number of nitrogens with zero attached hydrogens (tertiary/aromatic N) is 4. The molecule has 0 aliphatic carbocycles. The molecule has 5 N–H and O–H groups in total. The van der Waals surface area contributed by atoms with E-state index in [-0.39, 0.29) is 17.9 Å². The second-order valence-electron chi connectivity index (χ2n) is 8.46.